The molecule has 12 heteroatoms. The van der Waals surface area contributed by atoms with Gasteiger partial charge in [-0.3, -0.25) is 9.59 Å². The zero-order valence-corrected chi connectivity index (χ0v) is 21.3. The zero-order valence-electron chi connectivity index (χ0n) is 18.1. The number of nitrogens with one attached hydrogen (secondary N) is 1. The van der Waals surface area contributed by atoms with Gasteiger partial charge in [-0.1, -0.05) is 22.0 Å². The van der Waals surface area contributed by atoms with Crippen LogP contribution in [0.25, 0.3) is 21.9 Å². The molecule has 1 unspecified atom stereocenters. The first-order valence-corrected chi connectivity index (χ1v) is 12.5. The minimum atomic E-state index is -0.626. The van der Waals surface area contributed by atoms with E-state index in [9.17, 15) is 9.59 Å². The molecule has 1 aliphatic carbocycles. The summed E-state index contributed by atoms with van der Waals surface area (Å²) in [6.07, 6.45) is 2.73. The van der Waals surface area contributed by atoms with Gasteiger partial charge < -0.3 is 20.5 Å². The van der Waals surface area contributed by atoms with Crippen molar-refractivity contribution in [3.63, 3.8) is 0 Å². The third kappa shape index (κ3) is 3.75. The number of nitrogens with zero attached hydrogens (tertiary/aromatic N) is 5. The predicted octanol–water partition coefficient (Wildman–Crippen LogP) is 3.85. The number of piperidine rings is 1. The number of amides is 2. The monoisotopic (exact) mass is 601 g/mol. The van der Waals surface area contributed by atoms with Crippen LogP contribution in [0.2, 0.25) is 0 Å². The molecule has 1 saturated carbocycles. The first-order valence-electron chi connectivity index (χ1n) is 10.9. The van der Waals surface area contributed by atoms with E-state index in [0.717, 1.165) is 6.42 Å². The smallest absolute Gasteiger partial charge is 0.248 e. The number of likely N-dealkylation sites (tertiary alicyclic amines) is 1. The molecular formula is C23H18Br2FN7O2. The zero-order chi connectivity index (χ0) is 24.4. The standard InChI is InChI=1S/C23H18Br2FN7O2/c24-11-6-12-19-21(27)28-9-29-22(19)32(20(12)13(26)7-11)8-18(34)33-14-4-10(14)5-15(33)23(35)31-17-3-1-2-16(25)30-17/h1-3,6-7,9-10,14-15H,4-5,8H2,(H2,27,28,29)(H,30,31,35)/t10-,14?,15+/m1/s1. The molecule has 0 radical (unpaired) electrons. The molecule has 1 aromatic carbocycles. The van der Waals surface area contributed by atoms with Crippen LogP contribution >= 0.6 is 31.9 Å². The number of halogens is 3. The minimum absolute atomic E-state index is 0.000459. The topological polar surface area (TPSA) is 119 Å². The van der Waals surface area contributed by atoms with Crippen LogP contribution < -0.4 is 11.1 Å². The van der Waals surface area contributed by atoms with Crippen LogP contribution in [0.15, 0.2) is 45.7 Å². The molecule has 3 N–H and O–H groups in total. The molecule has 0 bridgehead atoms. The summed E-state index contributed by atoms with van der Waals surface area (Å²) >= 11 is 6.61. The van der Waals surface area contributed by atoms with Crippen molar-refractivity contribution >= 4 is 77.2 Å². The van der Waals surface area contributed by atoms with Crippen molar-refractivity contribution in [1.29, 1.82) is 0 Å². The Morgan fingerprint density at radius 2 is 2.03 bits per heavy atom. The summed E-state index contributed by atoms with van der Waals surface area (Å²) in [6.45, 7) is -0.183. The van der Waals surface area contributed by atoms with Crippen molar-refractivity contribution in [2.75, 3.05) is 11.1 Å². The molecule has 2 amide bonds. The fourth-order valence-electron chi connectivity index (χ4n) is 5.10. The van der Waals surface area contributed by atoms with E-state index in [2.05, 4.69) is 52.1 Å². The number of nitrogens with two attached hydrogens (primary N) is 1. The summed E-state index contributed by atoms with van der Waals surface area (Å²) in [5.74, 6) is -0.199. The van der Waals surface area contributed by atoms with Gasteiger partial charge in [-0.2, -0.15) is 0 Å². The van der Waals surface area contributed by atoms with Gasteiger partial charge in [0.2, 0.25) is 11.8 Å². The average molecular weight is 603 g/mol. The number of carbonyl (C=O) groups is 2. The van der Waals surface area contributed by atoms with Gasteiger partial charge in [0.25, 0.3) is 0 Å². The van der Waals surface area contributed by atoms with Crippen molar-refractivity contribution < 1.29 is 14.0 Å². The second-order valence-electron chi connectivity index (χ2n) is 8.78. The fourth-order valence-corrected chi connectivity index (χ4v) is 5.87. The maximum absolute atomic E-state index is 15.1. The number of pyridine rings is 1. The lowest BCUT2D eigenvalue weighted by atomic mass is 10.1. The summed E-state index contributed by atoms with van der Waals surface area (Å²) in [7, 11) is 0. The van der Waals surface area contributed by atoms with E-state index in [1.165, 1.54) is 17.0 Å². The van der Waals surface area contributed by atoms with Gasteiger partial charge in [-0.15, -0.1) is 0 Å². The van der Waals surface area contributed by atoms with Crippen LogP contribution in [0.5, 0.6) is 0 Å². The van der Waals surface area contributed by atoms with Crippen molar-refractivity contribution in [2.45, 2.75) is 31.5 Å². The maximum atomic E-state index is 15.1. The molecule has 3 aromatic heterocycles. The second kappa shape index (κ2) is 8.23. The normalized spacial score (nSPS) is 20.9. The highest BCUT2D eigenvalue weighted by Gasteiger charge is 2.56. The van der Waals surface area contributed by atoms with Crippen molar-refractivity contribution in [2.24, 2.45) is 5.92 Å². The first kappa shape index (κ1) is 22.4. The Morgan fingerprint density at radius 3 is 2.83 bits per heavy atom. The molecule has 6 rings (SSSR count). The van der Waals surface area contributed by atoms with Gasteiger partial charge in [-0.25, -0.2) is 19.3 Å². The quantitative estimate of drug-likeness (QED) is 0.343. The lowest BCUT2D eigenvalue weighted by Gasteiger charge is -2.27. The summed E-state index contributed by atoms with van der Waals surface area (Å²) in [6, 6.07) is 7.66. The van der Waals surface area contributed by atoms with Crippen molar-refractivity contribution in [1.82, 2.24) is 24.4 Å². The Bertz CT molecular complexity index is 1540. The minimum Gasteiger partial charge on any atom is -0.383 e. The molecule has 4 heterocycles. The Labute approximate surface area is 215 Å². The van der Waals surface area contributed by atoms with Crippen molar-refractivity contribution in [3.05, 3.63) is 51.6 Å². The second-order valence-corrected chi connectivity index (χ2v) is 10.5. The molecule has 1 aliphatic heterocycles. The van der Waals surface area contributed by atoms with Crippen LogP contribution in [0.3, 0.4) is 0 Å². The lowest BCUT2D eigenvalue weighted by Crippen LogP contribution is -2.46. The SMILES string of the molecule is Nc1ncnc2c1c1cc(Br)cc(F)c1n2CC(=O)N1C2C[C@@H]2C[C@H]1C(=O)Nc1cccc(Br)n1. The number of hydrogen-bond acceptors (Lipinski definition) is 6. The van der Waals surface area contributed by atoms with Gasteiger partial charge in [-0.05, 0) is 59.0 Å². The third-order valence-electron chi connectivity index (χ3n) is 6.63. The molecule has 9 nitrogen and oxygen atoms in total. The van der Waals surface area contributed by atoms with E-state index in [-0.39, 0.29) is 41.7 Å². The molecule has 178 valence electrons. The molecular weight excluding hydrogens is 585 g/mol. The number of benzene rings is 1. The van der Waals surface area contributed by atoms with E-state index >= 15 is 4.39 Å². The van der Waals surface area contributed by atoms with Crippen LogP contribution in [0.1, 0.15) is 12.8 Å². The molecule has 3 atom stereocenters. The number of nitrogen functional groups attached to an aromatic ring is 1. The Morgan fingerprint density at radius 1 is 1.20 bits per heavy atom. The third-order valence-corrected chi connectivity index (χ3v) is 7.53. The summed E-state index contributed by atoms with van der Waals surface area (Å²) < 4.78 is 17.8. The number of fused-ring (bicyclic) bond motifs is 4. The van der Waals surface area contributed by atoms with E-state index < -0.39 is 11.9 Å². The predicted molar refractivity (Wildman–Crippen MR) is 135 cm³/mol. The van der Waals surface area contributed by atoms with Crippen LogP contribution in [-0.4, -0.2) is 48.3 Å². The van der Waals surface area contributed by atoms with Gasteiger partial charge in [0, 0.05) is 15.9 Å². The number of anilines is 2. The molecule has 2 fully saturated rings. The van der Waals surface area contributed by atoms with E-state index in [1.807, 2.05) is 0 Å². The Hall–Kier alpha value is -3.12. The molecule has 2 aliphatic rings. The average Bonchev–Trinajstić information content (AvgIpc) is 3.34. The number of aromatic nitrogens is 4. The van der Waals surface area contributed by atoms with E-state index in [1.54, 1.807) is 29.2 Å². The Kier molecular flexibility index (Phi) is 5.26. The van der Waals surface area contributed by atoms with Gasteiger partial charge in [0.15, 0.2) is 0 Å². The van der Waals surface area contributed by atoms with Crippen LogP contribution in [0.4, 0.5) is 16.0 Å². The highest BCUT2D eigenvalue weighted by Crippen LogP contribution is 2.48. The lowest BCUT2D eigenvalue weighted by molar-refractivity contribution is -0.138. The van der Waals surface area contributed by atoms with E-state index in [4.69, 9.17) is 5.73 Å². The summed E-state index contributed by atoms with van der Waals surface area (Å²) in [5.41, 5.74) is 6.69. The fraction of sp³-hybridized carbons (Fsp3) is 0.261. The highest BCUT2D eigenvalue weighted by molar-refractivity contribution is 9.10. The summed E-state index contributed by atoms with van der Waals surface area (Å²) in [5, 5.41) is 3.80. The largest absolute Gasteiger partial charge is 0.383 e. The number of carbonyl (C=O) groups excluding carboxylic acids is 2. The van der Waals surface area contributed by atoms with Gasteiger partial charge in [0.1, 0.15) is 46.6 Å². The first-order chi connectivity index (χ1) is 16.8. The molecule has 0 spiro atoms. The number of hydrogen-bond donors (Lipinski definition) is 2. The maximum Gasteiger partial charge on any atom is 0.248 e. The molecule has 35 heavy (non-hydrogen) atoms. The molecule has 1 saturated heterocycles. The van der Waals surface area contributed by atoms with Crippen LogP contribution in [-0.2, 0) is 16.1 Å². The van der Waals surface area contributed by atoms with Crippen molar-refractivity contribution in [3.8, 4) is 0 Å². The van der Waals surface area contributed by atoms with Gasteiger partial charge in [0.05, 0.1) is 10.9 Å². The Balaban J connectivity index is 1.35. The number of rotatable bonds is 4. The van der Waals surface area contributed by atoms with Gasteiger partial charge >= 0.3 is 0 Å². The molecule has 4 aromatic rings. The van der Waals surface area contributed by atoms with E-state index in [0.29, 0.717) is 37.7 Å². The summed E-state index contributed by atoms with van der Waals surface area (Å²) in [4.78, 5) is 40.9. The van der Waals surface area contributed by atoms with Crippen LogP contribution in [0, 0.1) is 11.7 Å². The highest BCUT2D eigenvalue weighted by atomic mass is 79.9.